The van der Waals surface area contributed by atoms with Crippen molar-refractivity contribution in [1.29, 1.82) is 0 Å². The number of aromatic hydroxyl groups is 1. The van der Waals surface area contributed by atoms with Crippen LogP contribution in [0.2, 0.25) is 0 Å². The zero-order valence-electron chi connectivity index (χ0n) is 36.3. The minimum absolute atomic E-state index is 0.0431. The molecule has 1 amide bonds. The molecule has 326 valence electrons. The average Bonchev–Trinajstić information content (AvgIpc) is 3.45. The van der Waals surface area contributed by atoms with Crippen LogP contribution in [-0.2, 0) is 44.6 Å². The lowest BCUT2D eigenvalue weighted by molar-refractivity contribution is -0.295. The summed E-state index contributed by atoms with van der Waals surface area (Å²) in [5.41, 5.74) is -1.57. The van der Waals surface area contributed by atoms with Crippen LogP contribution in [-0.4, -0.2) is 153 Å². The summed E-state index contributed by atoms with van der Waals surface area (Å²) in [7, 11) is 5.22. The van der Waals surface area contributed by atoms with Gasteiger partial charge in [0.1, 0.15) is 29.7 Å². The molecule has 0 spiro atoms. The van der Waals surface area contributed by atoms with Gasteiger partial charge in [-0.25, -0.2) is 14.8 Å². The molecule has 6 rings (SSSR count). The SMILES string of the molecule is CC[C@H]1OC(=O)[C@H](C)C(=O)[C@H](C)[C@@H](O[C@@H]2O[C@H](C)C[C@H](N(C)C)[C@H]2O)[C@](C)(OC)C[C@@H](C)C(=O)[C@H](C)[C@H]2N(C3CN(Cc4c(O)cnc5ncccc45)C3)C(=O)O[C@]12C. The van der Waals surface area contributed by atoms with E-state index in [9.17, 15) is 29.4 Å². The van der Waals surface area contributed by atoms with Gasteiger partial charge in [0.05, 0.1) is 36.1 Å². The Morgan fingerprint density at radius 2 is 1.71 bits per heavy atom. The van der Waals surface area contributed by atoms with Crippen LogP contribution in [0.1, 0.15) is 80.2 Å². The molecule has 2 aromatic rings. The molecule has 0 aromatic carbocycles. The number of carbonyl (C=O) groups is 4. The Hall–Kier alpha value is -3.80. The summed E-state index contributed by atoms with van der Waals surface area (Å²) >= 11 is 0. The van der Waals surface area contributed by atoms with Crippen LogP contribution in [0, 0.1) is 23.7 Å². The van der Waals surface area contributed by atoms with Crippen LogP contribution in [0.15, 0.2) is 24.5 Å². The maximum absolute atomic E-state index is 14.8. The third kappa shape index (κ3) is 8.32. The van der Waals surface area contributed by atoms with E-state index in [4.69, 9.17) is 23.7 Å². The zero-order valence-corrected chi connectivity index (χ0v) is 36.3. The minimum atomic E-state index is -1.45. The highest BCUT2D eigenvalue weighted by molar-refractivity contribution is 6.00. The van der Waals surface area contributed by atoms with E-state index in [-0.39, 0.29) is 42.6 Å². The number of Topliss-reactive ketones (excluding diaryl/α,β-unsaturated/α-hetero) is 2. The monoisotopic (exact) mass is 825 g/mol. The maximum Gasteiger partial charge on any atom is 0.411 e. The molecule has 6 heterocycles. The molecule has 13 atom stereocenters. The fourth-order valence-electron chi connectivity index (χ4n) is 10.1. The summed E-state index contributed by atoms with van der Waals surface area (Å²) in [5, 5.41) is 22.9. The van der Waals surface area contributed by atoms with E-state index in [0.717, 1.165) is 5.39 Å². The molecular weight excluding hydrogens is 762 g/mol. The summed E-state index contributed by atoms with van der Waals surface area (Å²) in [6.07, 6.45) is -1.23. The van der Waals surface area contributed by atoms with Crippen LogP contribution in [0.4, 0.5) is 4.79 Å². The molecule has 4 saturated heterocycles. The maximum atomic E-state index is 14.8. The number of aliphatic hydroxyl groups is 1. The fourth-order valence-corrected chi connectivity index (χ4v) is 10.1. The van der Waals surface area contributed by atoms with Gasteiger partial charge in [-0.15, -0.1) is 0 Å². The second-order valence-corrected chi connectivity index (χ2v) is 17.9. The smallest absolute Gasteiger partial charge is 0.411 e. The summed E-state index contributed by atoms with van der Waals surface area (Å²) in [4.78, 5) is 71.5. The van der Waals surface area contributed by atoms with Crippen molar-refractivity contribution in [3.63, 3.8) is 0 Å². The number of esters is 1. The zero-order chi connectivity index (χ0) is 43.3. The first-order chi connectivity index (χ1) is 27.8. The second kappa shape index (κ2) is 17.3. The Bertz CT molecular complexity index is 1890. The highest BCUT2D eigenvalue weighted by Crippen LogP contribution is 2.45. The normalized spacial score (nSPS) is 38.2. The van der Waals surface area contributed by atoms with Crippen molar-refractivity contribution in [3.05, 3.63) is 30.1 Å². The van der Waals surface area contributed by atoms with Crippen LogP contribution in [0.25, 0.3) is 11.0 Å². The third-order valence-corrected chi connectivity index (χ3v) is 13.5. The number of likely N-dealkylation sites (tertiary alicyclic amines) is 1. The number of amides is 1. The van der Waals surface area contributed by atoms with Gasteiger partial charge in [0.2, 0.25) is 0 Å². The molecule has 4 aliphatic rings. The number of pyridine rings is 2. The van der Waals surface area contributed by atoms with Crippen LogP contribution in [0.5, 0.6) is 5.75 Å². The summed E-state index contributed by atoms with van der Waals surface area (Å²) in [5.74, 6) is -5.09. The van der Waals surface area contributed by atoms with Gasteiger partial charge in [-0.2, -0.15) is 0 Å². The van der Waals surface area contributed by atoms with Crippen molar-refractivity contribution in [2.45, 2.75) is 141 Å². The molecular formula is C43H63N5O11. The Morgan fingerprint density at radius 1 is 1.02 bits per heavy atom. The molecule has 4 fully saturated rings. The molecule has 59 heavy (non-hydrogen) atoms. The lowest BCUT2D eigenvalue weighted by Crippen LogP contribution is -2.65. The molecule has 0 radical (unpaired) electrons. The van der Waals surface area contributed by atoms with Gasteiger partial charge in [0, 0.05) is 67.7 Å². The molecule has 0 saturated carbocycles. The number of hydrogen-bond acceptors (Lipinski definition) is 15. The van der Waals surface area contributed by atoms with Gasteiger partial charge in [-0.1, -0.05) is 27.7 Å². The number of likely N-dealkylation sites (N-methyl/N-ethyl adjacent to an activating group) is 1. The predicted octanol–water partition coefficient (Wildman–Crippen LogP) is 3.72. The standard InChI is InChI=1S/C43H63N5O11/c1-12-32-43(8)36(48(41(54)59-43)27-19-47(20-27)21-29-28-14-13-15-44-38(28)45-18-31(29)49)24(4)33(50)22(2)17-42(7,55-11)37(25(5)34(51)26(6)39(53)57-32)58-40-35(52)30(46(9)10)16-23(3)56-40/h13-15,18,22-27,30,32,35-37,40,49,52H,12,16-17,19-21H2,1-11H3/t22-,23-,24+,25+,26-,30+,32-,35-,36-,37-,40+,42-,43-/m1/s1. The lowest BCUT2D eigenvalue weighted by Gasteiger charge is -2.48. The van der Waals surface area contributed by atoms with Gasteiger partial charge in [0.25, 0.3) is 0 Å². The number of cyclic esters (lactones) is 1. The Labute approximate surface area is 346 Å². The highest BCUT2D eigenvalue weighted by Gasteiger charge is 2.62. The number of nitrogens with zero attached hydrogens (tertiary/aromatic N) is 5. The number of carbonyl (C=O) groups excluding carboxylic acids is 4. The van der Waals surface area contributed by atoms with E-state index in [1.54, 1.807) is 58.7 Å². The van der Waals surface area contributed by atoms with Gasteiger partial charge in [0.15, 0.2) is 23.3 Å². The lowest BCUT2D eigenvalue weighted by atomic mass is 9.73. The van der Waals surface area contributed by atoms with Crippen molar-refractivity contribution >= 4 is 34.7 Å². The van der Waals surface area contributed by atoms with E-state index in [2.05, 4.69) is 14.9 Å². The van der Waals surface area contributed by atoms with E-state index >= 15 is 0 Å². The predicted molar refractivity (Wildman–Crippen MR) is 215 cm³/mol. The number of rotatable bonds is 8. The first-order valence-corrected chi connectivity index (χ1v) is 20.9. The molecule has 2 aromatic heterocycles. The van der Waals surface area contributed by atoms with Gasteiger partial charge >= 0.3 is 12.1 Å². The van der Waals surface area contributed by atoms with Crippen molar-refractivity contribution < 1.29 is 53.1 Å². The number of fused-ring (bicyclic) bond motifs is 2. The number of aromatic nitrogens is 2. The molecule has 16 nitrogen and oxygen atoms in total. The van der Waals surface area contributed by atoms with Crippen molar-refractivity contribution in [2.75, 3.05) is 34.3 Å². The first kappa shape index (κ1) is 44.7. The second-order valence-electron chi connectivity index (χ2n) is 17.9. The number of ether oxygens (including phenoxy) is 5. The number of hydrogen-bond donors (Lipinski definition) is 2. The van der Waals surface area contributed by atoms with E-state index in [1.807, 2.05) is 32.0 Å². The molecule has 0 unspecified atom stereocenters. The summed E-state index contributed by atoms with van der Waals surface area (Å²) < 4.78 is 31.3. The Morgan fingerprint density at radius 3 is 2.36 bits per heavy atom. The van der Waals surface area contributed by atoms with E-state index in [1.165, 1.54) is 20.2 Å². The summed E-state index contributed by atoms with van der Waals surface area (Å²) in [6.45, 7) is 15.1. The Balaban J connectivity index is 1.33. The third-order valence-electron chi connectivity index (χ3n) is 13.5. The highest BCUT2D eigenvalue weighted by atomic mass is 16.7. The average molecular weight is 826 g/mol. The van der Waals surface area contributed by atoms with Gasteiger partial charge in [-0.3, -0.25) is 24.2 Å². The topological polar surface area (TPSA) is 190 Å². The van der Waals surface area contributed by atoms with Gasteiger partial charge < -0.3 is 38.8 Å². The van der Waals surface area contributed by atoms with Crippen molar-refractivity contribution in [2.24, 2.45) is 23.7 Å². The molecule has 0 aliphatic carbocycles. The Kier molecular flexibility index (Phi) is 13.1. The summed E-state index contributed by atoms with van der Waals surface area (Å²) in [6, 6.07) is 2.14. The quantitative estimate of drug-likeness (QED) is 0.289. The number of methoxy groups -OCH3 is 1. The van der Waals surface area contributed by atoms with Gasteiger partial charge in [-0.05, 0) is 73.2 Å². The first-order valence-electron chi connectivity index (χ1n) is 20.9. The minimum Gasteiger partial charge on any atom is -0.506 e. The van der Waals surface area contributed by atoms with Crippen LogP contribution < -0.4 is 0 Å². The number of aliphatic hydroxyl groups excluding tert-OH is 1. The number of ketones is 2. The van der Waals surface area contributed by atoms with E-state index in [0.29, 0.717) is 37.3 Å². The largest absolute Gasteiger partial charge is 0.506 e. The van der Waals surface area contributed by atoms with Crippen molar-refractivity contribution in [1.82, 2.24) is 24.7 Å². The molecule has 16 heteroatoms. The van der Waals surface area contributed by atoms with E-state index < -0.39 is 83.4 Å². The fraction of sp³-hybridized carbons (Fsp3) is 0.721. The van der Waals surface area contributed by atoms with Crippen LogP contribution in [0.3, 0.4) is 0 Å². The molecule has 2 N–H and O–H groups in total. The molecule has 0 bridgehead atoms. The molecule has 4 aliphatic heterocycles. The van der Waals surface area contributed by atoms with Crippen molar-refractivity contribution in [3.8, 4) is 5.75 Å². The van der Waals surface area contributed by atoms with Crippen LogP contribution >= 0.6 is 0 Å².